The van der Waals surface area contributed by atoms with Crippen LogP contribution >= 0.6 is 0 Å². The zero-order valence-corrected chi connectivity index (χ0v) is 11.1. The molecule has 1 aliphatic heterocycles. The fourth-order valence-corrected chi connectivity index (χ4v) is 2.50. The molecule has 2 heterocycles. The molecule has 1 fully saturated rings. The van der Waals surface area contributed by atoms with E-state index >= 15 is 0 Å². The molecule has 0 bridgehead atoms. The van der Waals surface area contributed by atoms with Crippen LogP contribution in [0.5, 0.6) is 0 Å². The predicted molar refractivity (Wildman–Crippen MR) is 72.0 cm³/mol. The van der Waals surface area contributed by atoms with E-state index in [1.165, 1.54) is 12.8 Å². The summed E-state index contributed by atoms with van der Waals surface area (Å²) in [6.07, 6.45) is 4.50. The first-order valence-electron chi connectivity index (χ1n) is 6.57. The van der Waals surface area contributed by atoms with Crippen LogP contribution in [-0.4, -0.2) is 17.6 Å². The minimum Gasteiger partial charge on any atom is -0.354 e. The molecule has 3 unspecified atom stereocenters. The molecule has 0 aromatic carbocycles. The van der Waals surface area contributed by atoms with E-state index in [4.69, 9.17) is 5.73 Å². The molecule has 1 aromatic heterocycles. The van der Waals surface area contributed by atoms with Crippen LogP contribution in [0.4, 0.5) is 5.82 Å². The van der Waals surface area contributed by atoms with E-state index in [9.17, 15) is 0 Å². The lowest BCUT2D eigenvalue weighted by Gasteiger charge is -2.38. The summed E-state index contributed by atoms with van der Waals surface area (Å²) < 4.78 is 0. The Morgan fingerprint density at radius 2 is 2.18 bits per heavy atom. The quantitative estimate of drug-likeness (QED) is 0.854. The molecule has 17 heavy (non-hydrogen) atoms. The van der Waals surface area contributed by atoms with Crippen molar-refractivity contribution >= 4 is 5.82 Å². The van der Waals surface area contributed by atoms with Gasteiger partial charge in [0.2, 0.25) is 0 Å². The van der Waals surface area contributed by atoms with Gasteiger partial charge < -0.3 is 10.6 Å². The second-order valence-corrected chi connectivity index (χ2v) is 5.29. The molecule has 3 atom stereocenters. The van der Waals surface area contributed by atoms with Gasteiger partial charge in [-0.2, -0.15) is 0 Å². The Morgan fingerprint density at radius 1 is 1.41 bits per heavy atom. The highest BCUT2D eigenvalue weighted by Gasteiger charge is 2.25. The first kappa shape index (κ1) is 12.4. The molecule has 3 nitrogen and oxygen atoms in total. The molecule has 0 amide bonds. The molecular weight excluding hydrogens is 210 g/mol. The van der Waals surface area contributed by atoms with Crippen LogP contribution in [0.2, 0.25) is 0 Å². The maximum atomic E-state index is 5.84. The molecule has 0 radical (unpaired) electrons. The highest BCUT2D eigenvalue weighted by Crippen LogP contribution is 2.27. The molecule has 0 saturated carbocycles. The second-order valence-electron chi connectivity index (χ2n) is 5.29. The number of pyridine rings is 1. The normalized spacial score (nSPS) is 26.9. The van der Waals surface area contributed by atoms with Crippen molar-refractivity contribution in [1.29, 1.82) is 0 Å². The summed E-state index contributed by atoms with van der Waals surface area (Å²) in [4.78, 5) is 6.97. The number of hydrogen-bond donors (Lipinski definition) is 1. The van der Waals surface area contributed by atoms with Crippen molar-refractivity contribution in [3.63, 3.8) is 0 Å². The molecule has 0 aliphatic carbocycles. The highest BCUT2D eigenvalue weighted by molar-refractivity contribution is 5.41. The predicted octanol–water partition coefficient (Wildman–Crippen LogP) is 2.73. The molecule has 1 aromatic rings. The minimum absolute atomic E-state index is 0.0641. The summed E-state index contributed by atoms with van der Waals surface area (Å²) in [5.41, 5.74) is 6.94. The van der Waals surface area contributed by atoms with Crippen LogP contribution in [0.3, 0.4) is 0 Å². The zero-order chi connectivity index (χ0) is 12.4. The Balaban J connectivity index is 2.16. The Kier molecular flexibility index (Phi) is 3.67. The van der Waals surface area contributed by atoms with Gasteiger partial charge in [-0.15, -0.1) is 0 Å². The van der Waals surface area contributed by atoms with Crippen LogP contribution in [0.15, 0.2) is 18.3 Å². The average molecular weight is 233 g/mol. The van der Waals surface area contributed by atoms with Crippen LogP contribution in [-0.2, 0) is 0 Å². The number of anilines is 1. The van der Waals surface area contributed by atoms with Crippen molar-refractivity contribution < 1.29 is 0 Å². The summed E-state index contributed by atoms with van der Waals surface area (Å²) in [5, 5.41) is 0. The fraction of sp³-hybridized carbons (Fsp3) is 0.643. The number of hydrogen-bond acceptors (Lipinski definition) is 3. The van der Waals surface area contributed by atoms with Gasteiger partial charge in [0.05, 0.1) is 0 Å². The molecule has 0 spiro atoms. The van der Waals surface area contributed by atoms with Crippen LogP contribution in [0, 0.1) is 5.92 Å². The Bertz CT molecular complexity index is 358. The molecule has 2 rings (SSSR count). The molecule has 94 valence electrons. The van der Waals surface area contributed by atoms with Gasteiger partial charge in [0.15, 0.2) is 0 Å². The lowest BCUT2D eigenvalue weighted by molar-refractivity contribution is 0.361. The van der Waals surface area contributed by atoms with Gasteiger partial charge in [-0.3, -0.25) is 0 Å². The van der Waals surface area contributed by atoms with E-state index in [1.807, 2.05) is 13.1 Å². The third-order valence-electron chi connectivity index (χ3n) is 3.96. The van der Waals surface area contributed by atoms with Crippen LogP contribution < -0.4 is 10.6 Å². The van der Waals surface area contributed by atoms with Crippen molar-refractivity contribution in [3.05, 3.63) is 23.9 Å². The molecule has 1 saturated heterocycles. The minimum atomic E-state index is 0.0641. The van der Waals surface area contributed by atoms with Crippen molar-refractivity contribution in [1.82, 2.24) is 4.98 Å². The topological polar surface area (TPSA) is 42.1 Å². The summed E-state index contributed by atoms with van der Waals surface area (Å²) in [6, 6.07) is 4.85. The Hall–Kier alpha value is -1.09. The standard InChI is InChI=1S/C14H23N3/c1-10-5-4-8-17(12(10)3)14-7-6-13(9-16-14)11(2)15/h6-7,9-12H,4-5,8,15H2,1-3H3. The van der Waals surface area contributed by atoms with Crippen molar-refractivity contribution in [3.8, 4) is 0 Å². The van der Waals surface area contributed by atoms with Gasteiger partial charge in [-0.05, 0) is 44.2 Å². The van der Waals surface area contributed by atoms with Crippen LogP contribution in [0.1, 0.15) is 45.2 Å². The van der Waals surface area contributed by atoms with E-state index in [0.717, 1.165) is 23.8 Å². The first-order chi connectivity index (χ1) is 8.09. The number of nitrogens with two attached hydrogens (primary N) is 1. The molecule has 3 heteroatoms. The zero-order valence-electron chi connectivity index (χ0n) is 11.1. The maximum Gasteiger partial charge on any atom is 0.128 e. The van der Waals surface area contributed by atoms with E-state index < -0.39 is 0 Å². The van der Waals surface area contributed by atoms with Gasteiger partial charge in [-0.25, -0.2) is 4.98 Å². The maximum absolute atomic E-state index is 5.84. The third-order valence-corrected chi connectivity index (χ3v) is 3.96. The summed E-state index contributed by atoms with van der Waals surface area (Å²) in [6.45, 7) is 7.73. The smallest absolute Gasteiger partial charge is 0.128 e. The Labute approximate surface area is 104 Å². The van der Waals surface area contributed by atoms with Gasteiger partial charge in [0.25, 0.3) is 0 Å². The number of rotatable bonds is 2. The average Bonchev–Trinajstić information content (AvgIpc) is 2.33. The van der Waals surface area contributed by atoms with E-state index in [0.29, 0.717) is 6.04 Å². The highest BCUT2D eigenvalue weighted by atomic mass is 15.2. The summed E-state index contributed by atoms with van der Waals surface area (Å²) >= 11 is 0. The lowest BCUT2D eigenvalue weighted by atomic mass is 9.92. The van der Waals surface area contributed by atoms with Crippen molar-refractivity contribution in [2.24, 2.45) is 11.7 Å². The lowest BCUT2D eigenvalue weighted by Crippen LogP contribution is -2.42. The fourth-order valence-electron chi connectivity index (χ4n) is 2.50. The Morgan fingerprint density at radius 3 is 2.76 bits per heavy atom. The van der Waals surface area contributed by atoms with E-state index in [-0.39, 0.29) is 6.04 Å². The van der Waals surface area contributed by atoms with Gasteiger partial charge in [0.1, 0.15) is 5.82 Å². The molecule has 2 N–H and O–H groups in total. The molecule has 1 aliphatic rings. The number of aromatic nitrogens is 1. The van der Waals surface area contributed by atoms with E-state index in [1.54, 1.807) is 0 Å². The van der Waals surface area contributed by atoms with Gasteiger partial charge in [0, 0.05) is 24.8 Å². The first-order valence-corrected chi connectivity index (χ1v) is 6.57. The summed E-state index contributed by atoms with van der Waals surface area (Å²) in [7, 11) is 0. The SMILES string of the molecule is CC(N)c1ccc(N2CCCC(C)C2C)nc1. The summed E-state index contributed by atoms with van der Waals surface area (Å²) in [5.74, 6) is 1.84. The van der Waals surface area contributed by atoms with Gasteiger partial charge >= 0.3 is 0 Å². The molecular formula is C14H23N3. The largest absolute Gasteiger partial charge is 0.354 e. The number of piperidine rings is 1. The van der Waals surface area contributed by atoms with Crippen molar-refractivity contribution in [2.75, 3.05) is 11.4 Å². The van der Waals surface area contributed by atoms with Crippen LogP contribution in [0.25, 0.3) is 0 Å². The van der Waals surface area contributed by atoms with Crippen molar-refractivity contribution in [2.45, 2.75) is 45.7 Å². The third kappa shape index (κ3) is 2.60. The second kappa shape index (κ2) is 5.05. The van der Waals surface area contributed by atoms with Gasteiger partial charge in [-0.1, -0.05) is 13.0 Å². The number of nitrogens with zero attached hydrogens (tertiary/aromatic N) is 2. The monoisotopic (exact) mass is 233 g/mol. The van der Waals surface area contributed by atoms with E-state index in [2.05, 4.69) is 35.9 Å².